The van der Waals surface area contributed by atoms with E-state index in [1.165, 1.54) is 12.0 Å². The van der Waals surface area contributed by atoms with E-state index in [1.54, 1.807) is 14.2 Å². The summed E-state index contributed by atoms with van der Waals surface area (Å²) in [4.78, 5) is 41.0. The van der Waals surface area contributed by atoms with Gasteiger partial charge in [0.25, 0.3) is 0 Å². The lowest BCUT2D eigenvalue weighted by molar-refractivity contribution is -0.145. The molecule has 1 aliphatic rings. The van der Waals surface area contributed by atoms with Gasteiger partial charge in [-0.2, -0.15) is 0 Å². The van der Waals surface area contributed by atoms with E-state index >= 15 is 0 Å². The molecular formula is C30H33BN2O7. The van der Waals surface area contributed by atoms with Crippen LogP contribution < -0.4 is 10.8 Å². The molecule has 0 bridgehead atoms. The van der Waals surface area contributed by atoms with E-state index in [2.05, 4.69) is 5.32 Å². The first-order chi connectivity index (χ1) is 19.4. The van der Waals surface area contributed by atoms with E-state index < -0.39 is 37.2 Å². The molecule has 0 unspecified atom stereocenters. The number of nitrogens with zero attached hydrogens (tertiary/aromatic N) is 1. The molecule has 10 heteroatoms. The van der Waals surface area contributed by atoms with Crippen LogP contribution in [-0.4, -0.2) is 63.4 Å². The molecule has 0 aliphatic carbocycles. The Bertz CT molecular complexity index is 1300. The minimum atomic E-state index is -0.955. The first-order valence-electron chi connectivity index (χ1n) is 13.0. The molecule has 0 saturated carbocycles. The van der Waals surface area contributed by atoms with Crippen molar-refractivity contribution in [2.75, 3.05) is 21.3 Å². The maximum absolute atomic E-state index is 13.6. The topological polar surface area (TPSA) is 103 Å². The van der Waals surface area contributed by atoms with Crippen LogP contribution in [-0.2, 0) is 54.4 Å². The minimum absolute atomic E-state index is 0.0833. The zero-order chi connectivity index (χ0) is 28.5. The Kier molecular flexibility index (Phi) is 9.94. The summed E-state index contributed by atoms with van der Waals surface area (Å²) in [5.74, 6) is -1.05. The first-order valence-corrected chi connectivity index (χ1v) is 13.0. The van der Waals surface area contributed by atoms with Crippen molar-refractivity contribution in [2.24, 2.45) is 0 Å². The smallest absolute Gasteiger partial charge is 0.467 e. The van der Waals surface area contributed by atoms with Gasteiger partial charge in [-0.3, -0.25) is 9.69 Å². The quantitative estimate of drug-likeness (QED) is 0.309. The van der Waals surface area contributed by atoms with Gasteiger partial charge in [0.05, 0.1) is 13.7 Å². The molecule has 1 N–H and O–H groups in total. The highest BCUT2D eigenvalue weighted by Gasteiger charge is 2.37. The standard InChI is InChI=1S/C30H33BN2O7/c1-37-29(35)26(17-21-13-15-25(16-14-21)31(38-2)39-3)32-28(34)27-18-23-11-7-8-12-24(23)19-33(27)30(36)40-20-22-9-5-4-6-10-22/h4-16,26-27H,17-20H2,1-3H3,(H,32,34)/t26-,27+/m1/s1. The third kappa shape index (κ3) is 7.08. The average molecular weight is 544 g/mol. The van der Waals surface area contributed by atoms with E-state index in [0.717, 1.165) is 27.7 Å². The van der Waals surface area contributed by atoms with Crippen molar-refractivity contribution in [1.82, 2.24) is 10.2 Å². The summed E-state index contributed by atoms with van der Waals surface area (Å²) in [6.07, 6.45) is -0.111. The molecule has 0 saturated heterocycles. The Hall–Kier alpha value is -4.15. The normalized spacial score (nSPS) is 15.0. The van der Waals surface area contributed by atoms with Crippen molar-refractivity contribution in [3.63, 3.8) is 0 Å². The predicted octanol–water partition coefficient (Wildman–Crippen LogP) is 2.64. The second-order valence-corrected chi connectivity index (χ2v) is 9.49. The van der Waals surface area contributed by atoms with Gasteiger partial charge in [-0.25, -0.2) is 9.59 Å². The zero-order valence-electron chi connectivity index (χ0n) is 22.9. The molecule has 1 aliphatic heterocycles. The predicted molar refractivity (Wildman–Crippen MR) is 150 cm³/mol. The number of esters is 1. The van der Waals surface area contributed by atoms with Crippen LogP contribution in [0.5, 0.6) is 0 Å². The van der Waals surface area contributed by atoms with Gasteiger partial charge in [0, 0.05) is 27.1 Å². The number of carbonyl (C=O) groups is 3. The van der Waals surface area contributed by atoms with Crippen molar-refractivity contribution in [1.29, 1.82) is 0 Å². The summed E-state index contributed by atoms with van der Waals surface area (Å²) in [6, 6.07) is 22.5. The number of carbonyl (C=O) groups excluding carboxylic acids is 3. The van der Waals surface area contributed by atoms with Crippen LogP contribution in [0.15, 0.2) is 78.9 Å². The Balaban J connectivity index is 1.50. The van der Waals surface area contributed by atoms with Crippen LogP contribution >= 0.6 is 0 Å². The van der Waals surface area contributed by atoms with Gasteiger partial charge in [-0.15, -0.1) is 0 Å². The van der Waals surface area contributed by atoms with Crippen molar-refractivity contribution in [3.8, 4) is 0 Å². The van der Waals surface area contributed by atoms with Crippen LogP contribution in [0.3, 0.4) is 0 Å². The summed E-state index contributed by atoms with van der Waals surface area (Å²) in [7, 11) is 3.87. The fourth-order valence-electron chi connectivity index (χ4n) is 4.77. The van der Waals surface area contributed by atoms with Gasteiger partial charge in [-0.05, 0) is 27.7 Å². The van der Waals surface area contributed by atoms with Crippen molar-refractivity contribution in [2.45, 2.75) is 38.1 Å². The third-order valence-electron chi connectivity index (χ3n) is 6.91. The van der Waals surface area contributed by atoms with Gasteiger partial charge in [0.2, 0.25) is 5.91 Å². The monoisotopic (exact) mass is 544 g/mol. The maximum Gasteiger partial charge on any atom is 0.493 e. The Morgan fingerprint density at radius 2 is 1.52 bits per heavy atom. The molecule has 9 nitrogen and oxygen atoms in total. The molecule has 3 aromatic carbocycles. The van der Waals surface area contributed by atoms with E-state index in [1.807, 2.05) is 78.9 Å². The lowest BCUT2D eigenvalue weighted by Crippen LogP contribution is -2.56. The summed E-state index contributed by atoms with van der Waals surface area (Å²) in [6.45, 7) is 0.298. The van der Waals surface area contributed by atoms with E-state index in [9.17, 15) is 14.4 Å². The van der Waals surface area contributed by atoms with Crippen molar-refractivity contribution in [3.05, 3.63) is 101 Å². The van der Waals surface area contributed by atoms with Gasteiger partial charge < -0.3 is 24.1 Å². The Morgan fingerprint density at radius 3 is 2.17 bits per heavy atom. The lowest BCUT2D eigenvalue weighted by atomic mass is 9.78. The minimum Gasteiger partial charge on any atom is -0.467 e. The molecular weight excluding hydrogens is 511 g/mol. The second kappa shape index (κ2) is 13.8. The molecule has 0 spiro atoms. The van der Waals surface area contributed by atoms with Crippen LogP contribution in [0.1, 0.15) is 22.3 Å². The van der Waals surface area contributed by atoms with Gasteiger partial charge in [-0.1, -0.05) is 78.9 Å². The molecule has 4 rings (SSSR count). The number of methoxy groups -OCH3 is 1. The summed E-state index contributed by atoms with van der Waals surface area (Å²) in [5, 5.41) is 2.82. The summed E-state index contributed by atoms with van der Waals surface area (Å²) >= 11 is 0. The fraction of sp³-hybridized carbons (Fsp3) is 0.300. The highest BCUT2D eigenvalue weighted by Crippen LogP contribution is 2.25. The highest BCUT2D eigenvalue weighted by atomic mass is 16.6. The number of ether oxygens (including phenoxy) is 2. The van der Waals surface area contributed by atoms with Crippen molar-refractivity contribution < 1.29 is 33.2 Å². The highest BCUT2D eigenvalue weighted by molar-refractivity contribution is 6.61. The molecule has 2 amide bonds. The molecule has 0 fully saturated rings. The van der Waals surface area contributed by atoms with E-state index in [0.29, 0.717) is 6.42 Å². The number of nitrogens with one attached hydrogen (secondary N) is 1. The SMILES string of the molecule is COB(OC)c1ccc(C[C@@H](NC(=O)[C@@H]2Cc3ccccc3CN2C(=O)OCc2ccccc2)C(=O)OC)cc1. The Morgan fingerprint density at radius 1 is 0.875 bits per heavy atom. The zero-order valence-corrected chi connectivity index (χ0v) is 22.9. The van der Waals surface area contributed by atoms with Crippen LogP contribution in [0.25, 0.3) is 0 Å². The number of amides is 2. The largest absolute Gasteiger partial charge is 0.493 e. The Labute approximate surface area is 234 Å². The molecule has 0 aromatic heterocycles. The number of fused-ring (bicyclic) bond motifs is 1. The number of benzene rings is 3. The van der Waals surface area contributed by atoms with E-state index in [-0.39, 0.29) is 19.6 Å². The average Bonchev–Trinajstić information content (AvgIpc) is 3.00. The summed E-state index contributed by atoms with van der Waals surface area (Å²) < 4.78 is 21.1. The lowest BCUT2D eigenvalue weighted by Gasteiger charge is -2.35. The van der Waals surface area contributed by atoms with Gasteiger partial charge in [0.15, 0.2) is 0 Å². The van der Waals surface area contributed by atoms with Gasteiger partial charge >= 0.3 is 19.2 Å². The third-order valence-corrected chi connectivity index (χ3v) is 6.91. The molecule has 0 radical (unpaired) electrons. The number of hydrogen-bond donors (Lipinski definition) is 1. The summed E-state index contributed by atoms with van der Waals surface area (Å²) in [5.41, 5.74) is 4.37. The van der Waals surface area contributed by atoms with Crippen LogP contribution in [0, 0.1) is 0 Å². The molecule has 2 atom stereocenters. The number of rotatable bonds is 10. The van der Waals surface area contributed by atoms with Crippen LogP contribution in [0.2, 0.25) is 0 Å². The molecule has 1 heterocycles. The maximum atomic E-state index is 13.6. The molecule has 3 aromatic rings. The van der Waals surface area contributed by atoms with Gasteiger partial charge in [0.1, 0.15) is 18.7 Å². The van der Waals surface area contributed by atoms with Crippen LogP contribution in [0.4, 0.5) is 4.79 Å². The van der Waals surface area contributed by atoms with Crippen molar-refractivity contribution >= 4 is 30.6 Å². The molecule has 208 valence electrons. The number of hydrogen-bond acceptors (Lipinski definition) is 7. The molecule has 40 heavy (non-hydrogen) atoms. The second-order valence-electron chi connectivity index (χ2n) is 9.49. The van der Waals surface area contributed by atoms with E-state index in [4.69, 9.17) is 18.8 Å². The first kappa shape index (κ1) is 28.9. The fourth-order valence-corrected chi connectivity index (χ4v) is 4.77.